The Kier molecular flexibility index (Phi) is 3.00. The van der Waals surface area contributed by atoms with Crippen LogP contribution < -0.4 is 4.74 Å². The van der Waals surface area contributed by atoms with Gasteiger partial charge >= 0.3 is 0 Å². The minimum absolute atomic E-state index is 0.0905. The Balaban J connectivity index is 2.19. The van der Waals surface area contributed by atoms with Gasteiger partial charge in [-0.3, -0.25) is 0 Å². The Labute approximate surface area is 118 Å². The molecule has 0 radical (unpaired) electrons. The Bertz CT molecular complexity index is 739. The van der Waals surface area contributed by atoms with Crippen LogP contribution in [0.25, 0.3) is 16.7 Å². The van der Waals surface area contributed by atoms with E-state index in [0.717, 1.165) is 11.4 Å². The SMILES string of the molecule is COc1ccc(-n2ncc3c(Cl)nc(Cl)nc32)cc1. The lowest BCUT2D eigenvalue weighted by Crippen LogP contribution is -1.98. The first-order valence-electron chi connectivity index (χ1n) is 5.40. The monoisotopic (exact) mass is 294 g/mol. The Morgan fingerprint density at radius 1 is 1.11 bits per heavy atom. The zero-order chi connectivity index (χ0) is 13.4. The fourth-order valence-electron chi connectivity index (χ4n) is 1.76. The summed E-state index contributed by atoms with van der Waals surface area (Å²) >= 11 is 11.8. The van der Waals surface area contributed by atoms with E-state index < -0.39 is 0 Å². The summed E-state index contributed by atoms with van der Waals surface area (Å²) in [6.45, 7) is 0. The molecule has 0 spiro atoms. The summed E-state index contributed by atoms with van der Waals surface area (Å²) in [6.07, 6.45) is 1.61. The van der Waals surface area contributed by atoms with E-state index in [9.17, 15) is 0 Å². The number of hydrogen-bond donors (Lipinski definition) is 0. The predicted molar refractivity (Wildman–Crippen MR) is 73.2 cm³/mol. The van der Waals surface area contributed by atoms with Gasteiger partial charge in [0.05, 0.1) is 24.4 Å². The van der Waals surface area contributed by atoms with Crippen LogP contribution in [0.15, 0.2) is 30.5 Å². The number of aromatic nitrogens is 4. The third-order valence-electron chi connectivity index (χ3n) is 2.67. The van der Waals surface area contributed by atoms with Gasteiger partial charge in [-0.15, -0.1) is 0 Å². The van der Waals surface area contributed by atoms with Crippen LogP contribution >= 0.6 is 23.2 Å². The molecule has 0 unspecified atom stereocenters. The van der Waals surface area contributed by atoms with Gasteiger partial charge in [0, 0.05) is 0 Å². The molecule has 0 aliphatic heterocycles. The van der Waals surface area contributed by atoms with Crippen molar-refractivity contribution in [1.29, 1.82) is 0 Å². The molecule has 0 bridgehead atoms. The Hall–Kier alpha value is -1.85. The zero-order valence-corrected chi connectivity index (χ0v) is 11.4. The highest BCUT2D eigenvalue weighted by atomic mass is 35.5. The smallest absolute Gasteiger partial charge is 0.225 e. The second kappa shape index (κ2) is 4.68. The third kappa shape index (κ3) is 2.11. The van der Waals surface area contributed by atoms with Gasteiger partial charge in [0.25, 0.3) is 0 Å². The molecule has 19 heavy (non-hydrogen) atoms. The molecule has 0 atom stereocenters. The summed E-state index contributed by atoms with van der Waals surface area (Å²) in [6, 6.07) is 7.42. The van der Waals surface area contributed by atoms with Crippen LogP contribution in [-0.2, 0) is 0 Å². The fourth-order valence-corrected chi connectivity index (χ4v) is 2.18. The second-order valence-corrected chi connectivity index (χ2v) is 4.47. The molecular weight excluding hydrogens is 287 g/mol. The van der Waals surface area contributed by atoms with Crippen molar-refractivity contribution in [3.8, 4) is 11.4 Å². The van der Waals surface area contributed by atoms with Gasteiger partial charge in [0.15, 0.2) is 5.65 Å². The van der Waals surface area contributed by atoms with Crippen molar-refractivity contribution in [3.05, 3.63) is 40.9 Å². The van der Waals surface area contributed by atoms with Crippen molar-refractivity contribution in [3.63, 3.8) is 0 Å². The summed E-state index contributed by atoms with van der Waals surface area (Å²) in [7, 11) is 1.62. The van der Waals surface area contributed by atoms with E-state index >= 15 is 0 Å². The van der Waals surface area contributed by atoms with E-state index in [1.807, 2.05) is 24.3 Å². The second-order valence-electron chi connectivity index (χ2n) is 3.78. The van der Waals surface area contributed by atoms with E-state index in [0.29, 0.717) is 11.0 Å². The van der Waals surface area contributed by atoms with Gasteiger partial charge in [0.1, 0.15) is 10.9 Å². The molecule has 2 heterocycles. The van der Waals surface area contributed by atoms with Crippen molar-refractivity contribution < 1.29 is 4.74 Å². The van der Waals surface area contributed by atoms with E-state index in [4.69, 9.17) is 27.9 Å². The van der Waals surface area contributed by atoms with Gasteiger partial charge in [-0.25, -0.2) is 9.67 Å². The minimum Gasteiger partial charge on any atom is -0.497 e. The van der Waals surface area contributed by atoms with Gasteiger partial charge in [0.2, 0.25) is 5.28 Å². The molecule has 0 aliphatic rings. The summed E-state index contributed by atoms with van der Waals surface area (Å²) in [5, 5.41) is 5.29. The quantitative estimate of drug-likeness (QED) is 0.538. The van der Waals surface area contributed by atoms with Crippen LogP contribution in [-0.4, -0.2) is 26.9 Å². The highest BCUT2D eigenvalue weighted by Crippen LogP contribution is 2.24. The molecule has 5 nitrogen and oxygen atoms in total. The number of nitrogens with zero attached hydrogens (tertiary/aromatic N) is 4. The summed E-state index contributed by atoms with van der Waals surface area (Å²) in [5.41, 5.74) is 1.40. The van der Waals surface area contributed by atoms with Gasteiger partial charge in [-0.05, 0) is 35.9 Å². The van der Waals surface area contributed by atoms with Gasteiger partial charge in [-0.2, -0.15) is 10.1 Å². The first-order chi connectivity index (χ1) is 9.19. The largest absolute Gasteiger partial charge is 0.497 e. The number of rotatable bonds is 2. The molecule has 0 fully saturated rings. The average Bonchev–Trinajstić information content (AvgIpc) is 2.83. The van der Waals surface area contributed by atoms with Crippen LogP contribution in [0.1, 0.15) is 0 Å². The van der Waals surface area contributed by atoms with Gasteiger partial charge < -0.3 is 4.74 Å². The standard InChI is InChI=1S/C12H8Cl2N4O/c1-19-8-4-2-7(3-5-8)18-11-9(6-15-18)10(13)16-12(14)17-11/h2-6H,1H3. The van der Waals surface area contributed by atoms with Crippen molar-refractivity contribution >= 4 is 34.2 Å². The molecule has 2 aromatic heterocycles. The van der Waals surface area contributed by atoms with Crippen molar-refractivity contribution in [2.24, 2.45) is 0 Å². The lowest BCUT2D eigenvalue weighted by molar-refractivity contribution is 0.414. The molecule has 0 saturated heterocycles. The van der Waals surface area contributed by atoms with Crippen LogP contribution in [0.5, 0.6) is 5.75 Å². The van der Waals surface area contributed by atoms with Gasteiger partial charge in [-0.1, -0.05) is 11.6 Å². The van der Waals surface area contributed by atoms with Crippen molar-refractivity contribution in [1.82, 2.24) is 19.7 Å². The molecule has 96 valence electrons. The molecule has 0 aliphatic carbocycles. The summed E-state index contributed by atoms with van der Waals surface area (Å²) < 4.78 is 6.76. The molecule has 3 rings (SSSR count). The molecule has 0 amide bonds. The van der Waals surface area contributed by atoms with Crippen LogP contribution in [0, 0.1) is 0 Å². The number of halogens is 2. The molecule has 3 aromatic rings. The average molecular weight is 295 g/mol. The van der Waals surface area contributed by atoms with Crippen molar-refractivity contribution in [2.75, 3.05) is 7.11 Å². The topological polar surface area (TPSA) is 52.8 Å². The highest BCUT2D eigenvalue weighted by molar-refractivity contribution is 6.35. The van der Waals surface area contributed by atoms with Crippen molar-refractivity contribution in [2.45, 2.75) is 0 Å². The van der Waals surface area contributed by atoms with Crippen LogP contribution in [0.4, 0.5) is 0 Å². The molecular formula is C12H8Cl2N4O. The maximum absolute atomic E-state index is 6.00. The molecule has 0 N–H and O–H groups in total. The zero-order valence-electron chi connectivity index (χ0n) is 9.84. The van der Waals surface area contributed by atoms with E-state index in [-0.39, 0.29) is 10.4 Å². The summed E-state index contributed by atoms with van der Waals surface area (Å²) in [5.74, 6) is 0.769. The number of hydrogen-bond acceptors (Lipinski definition) is 4. The van der Waals surface area contributed by atoms with Crippen LogP contribution in [0.3, 0.4) is 0 Å². The molecule has 0 saturated carbocycles. The first kappa shape index (κ1) is 12.2. The predicted octanol–water partition coefficient (Wildman–Crippen LogP) is 3.13. The lowest BCUT2D eigenvalue weighted by Gasteiger charge is -2.04. The third-order valence-corrected chi connectivity index (χ3v) is 3.13. The van der Waals surface area contributed by atoms with Crippen LogP contribution in [0.2, 0.25) is 10.4 Å². The Morgan fingerprint density at radius 3 is 2.53 bits per heavy atom. The number of ether oxygens (including phenoxy) is 1. The Morgan fingerprint density at radius 2 is 1.84 bits per heavy atom. The minimum atomic E-state index is 0.0905. The number of fused-ring (bicyclic) bond motifs is 1. The molecule has 1 aromatic carbocycles. The number of methoxy groups -OCH3 is 1. The maximum Gasteiger partial charge on any atom is 0.225 e. The normalized spacial score (nSPS) is 10.9. The lowest BCUT2D eigenvalue weighted by atomic mass is 10.3. The first-order valence-corrected chi connectivity index (χ1v) is 6.16. The number of benzene rings is 1. The van der Waals surface area contributed by atoms with E-state index in [1.165, 1.54) is 0 Å². The highest BCUT2D eigenvalue weighted by Gasteiger charge is 2.11. The van der Waals surface area contributed by atoms with E-state index in [1.54, 1.807) is 18.0 Å². The summed E-state index contributed by atoms with van der Waals surface area (Å²) in [4.78, 5) is 8.04. The fraction of sp³-hybridized carbons (Fsp3) is 0.0833. The van der Waals surface area contributed by atoms with E-state index in [2.05, 4.69) is 15.1 Å². The molecule has 7 heteroatoms. The maximum atomic E-state index is 6.00.